The second-order valence-corrected chi connectivity index (χ2v) is 8.90. The molecular weight excluding hydrogens is 386 g/mol. The van der Waals surface area contributed by atoms with E-state index in [1.165, 1.54) is 11.3 Å². The Morgan fingerprint density at radius 1 is 1.03 bits per heavy atom. The molecule has 0 unspecified atom stereocenters. The number of ketones is 1. The SMILES string of the molecule is Cc1cn2cc(C3=Cc4ccc(N5CCN(C(C)C)CC5)cc4CCC3=O)nc2cn1. The van der Waals surface area contributed by atoms with E-state index in [1.54, 1.807) is 6.20 Å². The number of benzene rings is 1. The molecule has 2 aromatic heterocycles. The average molecular weight is 416 g/mol. The first kappa shape index (κ1) is 19.9. The molecule has 31 heavy (non-hydrogen) atoms. The summed E-state index contributed by atoms with van der Waals surface area (Å²) in [6, 6.07) is 7.25. The van der Waals surface area contributed by atoms with E-state index in [4.69, 9.17) is 0 Å². The van der Waals surface area contributed by atoms with Gasteiger partial charge in [0.1, 0.15) is 0 Å². The maximum atomic E-state index is 13.0. The van der Waals surface area contributed by atoms with Gasteiger partial charge in [0.15, 0.2) is 11.4 Å². The number of piperazine rings is 1. The van der Waals surface area contributed by atoms with E-state index in [9.17, 15) is 4.79 Å². The largest absolute Gasteiger partial charge is 0.369 e. The van der Waals surface area contributed by atoms with Gasteiger partial charge in [-0.05, 0) is 56.5 Å². The Labute approximate surface area is 183 Å². The molecule has 2 aliphatic rings. The van der Waals surface area contributed by atoms with Crippen LogP contribution in [0, 0.1) is 6.92 Å². The Bertz CT molecular complexity index is 1170. The van der Waals surface area contributed by atoms with Gasteiger partial charge < -0.3 is 9.30 Å². The van der Waals surface area contributed by atoms with Crippen molar-refractivity contribution in [3.63, 3.8) is 0 Å². The summed E-state index contributed by atoms with van der Waals surface area (Å²) in [6.45, 7) is 10.8. The van der Waals surface area contributed by atoms with Gasteiger partial charge in [-0.3, -0.25) is 14.7 Å². The van der Waals surface area contributed by atoms with Crippen LogP contribution in [0.25, 0.3) is 17.3 Å². The van der Waals surface area contributed by atoms with E-state index >= 15 is 0 Å². The van der Waals surface area contributed by atoms with Gasteiger partial charge in [-0.1, -0.05) is 6.07 Å². The van der Waals surface area contributed by atoms with Gasteiger partial charge in [-0.15, -0.1) is 0 Å². The highest BCUT2D eigenvalue weighted by Gasteiger charge is 2.23. The summed E-state index contributed by atoms with van der Waals surface area (Å²) < 4.78 is 1.94. The maximum absolute atomic E-state index is 13.0. The zero-order chi connectivity index (χ0) is 21.5. The van der Waals surface area contributed by atoms with Crippen LogP contribution in [-0.4, -0.2) is 57.3 Å². The quantitative estimate of drug-likeness (QED) is 0.654. The molecule has 0 N–H and O–H groups in total. The fourth-order valence-corrected chi connectivity index (χ4v) is 4.61. The lowest BCUT2D eigenvalue weighted by Crippen LogP contribution is -2.48. The Hall–Kier alpha value is -2.99. The molecule has 1 fully saturated rings. The van der Waals surface area contributed by atoms with E-state index in [0.29, 0.717) is 18.0 Å². The number of carbonyl (C=O) groups is 1. The minimum atomic E-state index is 0.149. The van der Waals surface area contributed by atoms with E-state index in [2.05, 4.69) is 51.8 Å². The van der Waals surface area contributed by atoms with Crippen LogP contribution in [-0.2, 0) is 11.2 Å². The molecule has 0 atom stereocenters. The monoisotopic (exact) mass is 415 g/mol. The maximum Gasteiger partial charge on any atom is 0.165 e. The number of hydrogen-bond donors (Lipinski definition) is 0. The predicted octanol–water partition coefficient (Wildman–Crippen LogP) is 3.62. The number of hydrogen-bond acceptors (Lipinski definition) is 5. The number of fused-ring (bicyclic) bond motifs is 2. The highest BCUT2D eigenvalue weighted by molar-refractivity contribution is 6.25. The number of aromatic nitrogens is 3. The van der Waals surface area contributed by atoms with Crippen LogP contribution in [0.1, 0.15) is 42.8 Å². The molecular formula is C25H29N5O. The highest BCUT2D eigenvalue weighted by atomic mass is 16.1. The van der Waals surface area contributed by atoms with Crippen LogP contribution in [0.5, 0.6) is 0 Å². The van der Waals surface area contributed by atoms with Gasteiger partial charge in [0.05, 0.1) is 17.6 Å². The van der Waals surface area contributed by atoms with E-state index in [1.807, 2.05) is 29.8 Å². The minimum absolute atomic E-state index is 0.149. The van der Waals surface area contributed by atoms with Gasteiger partial charge >= 0.3 is 0 Å². The number of imidazole rings is 1. The fraction of sp³-hybridized carbons (Fsp3) is 0.400. The van der Waals surface area contributed by atoms with Crippen LogP contribution in [0.15, 0.2) is 36.8 Å². The predicted molar refractivity (Wildman–Crippen MR) is 124 cm³/mol. The zero-order valence-corrected chi connectivity index (χ0v) is 18.5. The third-order valence-electron chi connectivity index (χ3n) is 6.50. The molecule has 6 heteroatoms. The van der Waals surface area contributed by atoms with Crippen molar-refractivity contribution in [1.29, 1.82) is 0 Å². The highest BCUT2D eigenvalue weighted by Crippen LogP contribution is 2.30. The summed E-state index contributed by atoms with van der Waals surface area (Å²) >= 11 is 0. The minimum Gasteiger partial charge on any atom is -0.369 e. The van der Waals surface area contributed by atoms with Crippen LogP contribution in [0.3, 0.4) is 0 Å². The number of allylic oxidation sites excluding steroid dienone is 1. The smallest absolute Gasteiger partial charge is 0.165 e. The van der Waals surface area contributed by atoms with Crippen LogP contribution < -0.4 is 4.90 Å². The normalized spacial score (nSPS) is 17.7. The molecule has 0 spiro atoms. The van der Waals surface area contributed by atoms with Gasteiger partial charge in [0.2, 0.25) is 0 Å². The number of rotatable bonds is 3. The topological polar surface area (TPSA) is 53.7 Å². The lowest BCUT2D eigenvalue weighted by molar-refractivity contribution is -0.113. The molecule has 3 heterocycles. The lowest BCUT2D eigenvalue weighted by Gasteiger charge is -2.38. The molecule has 5 rings (SSSR count). The Morgan fingerprint density at radius 2 is 1.84 bits per heavy atom. The molecule has 1 saturated heterocycles. The molecule has 0 radical (unpaired) electrons. The number of Topliss-reactive ketones (excluding diaryl/α,β-unsaturated/α-hetero) is 1. The van der Waals surface area contributed by atoms with Gasteiger partial charge in [-0.2, -0.15) is 0 Å². The second kappa shape index (κ2) is 7.93. The first-order valence-corrected chi connectivity index (χ1v) is 11.2. The third kappa shape index (κ3) is 3.88. The number of aryl methyl sites for hydroxylation is 2. The summed E-state index contributed by atoms with van der Waals surface area (Å²) in [5, 5.41) is 0. The van der Waals surface area contributed by atoms with Crippen molar-refractivity contribution in [2.75, 3.05) is 31.1 Å². The Balaban J connectivity index is 1.44. The second-order valence-electron chi connectivity index (χ2n) is 8.90. The summed E-state index contributed by atoms with van der Waals surface area (Å²) in [6.07, 6.45) is 8.91. The summed E-state index contributed by atoms with van der Waals surface area (Å²) in [5.74, 6) is 0.149. The molecule has 0 saturated carbocycles. The van der Waals surface area contributed by atoms with Gasteiger partial charge in [0.25, 0.3) is 0 Å². The first-order chi connectivity index (χ1) is 15.0. The van der Waals surface area contributed by atoms with Crippen molar-refractivity contribution in [3.8, 4) is 0 Å². The number of nitrogens with zero attached hydrogens (tertiary/aromatic N) is 5. The van der Waals surface area contributed by atoms with E-state index in [0.717, 1.165) is 55.2 Å². The van der Waals surface area contributed by atoms with Crippen LogP contribution in [0.2, 0.25) is 0 Å². The van der Waals surface area contributed by atoms with E-state index in [-0.39, 0.29) is 5.78 Å². The molecule has 1 aliphatic heterocycles. The first-order valence-electron chi connectivity index (χ1n) is 11.2. The Morgan fingerprint density at radius 3 is 2.61 bits per heavy atom. The summed E-state index contributed by atoms with van der Waals surface area (Å²) in [4.78, 5) is 26.9. The third-order valence-corrected chi connectivity index (χ3v) is 6.50. The molecule has 0 bridgehead atoms. The van der Waals surface area contributed by atoms with Crippen molar-refractivity contribution in [3.05, 3.63) is 59.3 Å². The lowest BCUT2D eigenvalue weighted by atomic mass is 10.0. The van der Waals surface area contributed by atoms with E-state index < -0.39 is 0 Å². The van der Waals surface area contributed by atoms with Crippen molar-refractivity contribution < 1.29 is 4.79 Å². The van der Waals surface area contributed by atoms with Crippen molar-refractivity contribution in [1.82, 2.24) is 19.3 Å². The summed E-state index contributed by atoms with van der Waals surface area (Å²) in [7, 11) is 0. The zero-order valence-electron chi connectivity index (χ0n) is 18.5. The van der Waals surface area contributed by atoms with Crippen LogP contribution in [0.4, 0.5) is 5.69 Å². The molecule has 0 amide bonds. The van der Waals surface area contributed by atoms with Gasteiger partial charge in [-0.25, -0.2) is 4.98 Å². The number of carbonyl (C=O) groups excluding carboxylic acids is 1. The summed E-state index contributed by atoms with van der Waals surface area (Å²) in [5.41, 5.74) is 6.72. The van der Waals surface area contributed by atoms with Crippen molar-refractivity contribution in [2.45, 2.75) is 39.7 Å². The van der Waals surface area contributed by atoms with Gasteiger partial charge in [0, 0.05) is 62.3 Å². The van der Waals surface area contributed by atoms with Crippen molar-refractivity contribution >= 4 is 28.8 Å². The molecule has 160 valence electrons. The van der Waals surface area contributed by atoms with Crippen LogP contribution >= 0.6 is 0 Å². The number of anilines is 1. The molecule has 3 aromatic rings. The molecule has 1 aromatic carbocycles. The van der Waals surface area contributed by atoms with Crippen molar-refractivity contribution in [2.24, 2.45) is 0 Å². The average Bonchev–Trinajstić information content (AvgIpc) is 3.11. The molecule has 6 nitrogen and oxygen atoms in total. The Kier molecular flexibility index (Phi) is 5.10. The fourth-order valence-electron chi connectivity index (χ4n) is 4.61. The molecule has 1 aliphatic carbocycles. The standard InChI is InChI=1S/C25H29N5O/c1-17(2)28-8-10-29(11-9-28)21-6-4-20-13-22(24(31)7-5-19(20)12-21)23-16-30-15-18(3)26-14-25(30)27-23/h4,6,12-17H,5,7-11H2,1-3H3.